The first-order valence-electron chi connectivity index (χ1n) is 7.20. The van der Waals surface area contributed by atoms with Gasteiger partial charge in [-0.25, -0.2) is 0 Å². The van der Waals surface area contributed by atoms with E-state index in [4.69, 9.17) is 0 Å². The molecule has 0 aliphatic carbocycles. The second-order valence-electron chi connectivity index (χ2n) is 6.13. The van der Waals surface area contributed by atoms with Crippen molar-refractivity contribution >= 4 is 0 Å². The van der Waals surface area contributed by atoms with Gasteiger partial charge >= 0.3 is 0 Å². The third-order valence-corrected chi connectivity index (χ3v) is 4.27. The summed E-state index contributed by atoms with van der Waals surface area (Å²) < 4.78 is 0. The summed E-state index contributed by atoms with van der Waals surface area (Å²) in [7, 11) is 0. The van der Waals surface area contributed by atoms with Crippen LogP contribution in [0.1, 0.15) is 36.5 Å². The van der Waals surface area contributed by atoms with Crippen molar-refractivity contribution in [1.82, 2.24) is 5.32 Å². The van der Waals surface area contributed by atoms with Crippen LogP contribution < -0.4 is 5.32 Å². The van der Waals surface area contributed by atoms with Crippen molar-refractivity contribution in [2.24, 2.45) is 0 Å². The fourth-order valence-electron chi connectivity index (χ4n) is 3.33. The molecule has 0 amide bonds. The van der Waals surface area contributed by atoms with Crippen LogP contribution in [-0.2, 0) is 6.42 Å². The van der Waals surface area contributed by atoms with Gasteiger partial charge in [0.1, 0.15) is 5.75 Å². The lowest BCUT2D eigenvalue weighted by atomic mass is 9.76. The van der Waals surface area contributed by atoms with Gasteiger partial charge in [0.15, 0.2) is 0 Å². The average Bonchev–Trinajstić information content (AvgIpc) is 2.54. The summed E-state index contributed by atoms with van der Waals surface area (Å²) in [5.74, 6) is 0.593. The van der Waals surface area contributed by atoms with E-state index in [1.807, 2.05) is 12.1 Å². The van der Waals surface area contributed by atoms with E-state index >= 15 is 0 Å². The molecular formula is C18H21NO. The third-order valence-electron chi connectivity index (χ3n) is 4.27. The Hall–Kier alpha value is -1.80. The van der Waals surface area contributed by atoms with Crippen molar-refractivity contribution < 1.29 is 5.11 Å². The molecule has 0 bridgehead atoms. The lowest BCUT2D eigenvalue weighted by molar-refractivity contribution is 0.360. The lowest BCUT2D eigenvalue weighted by Gasteiger charge is -2.35. The lowest BCUT2D eigenvalue weighted by Crippen LogP contribution is -2.44. The predicted molar refractivity (Wildman–Crippen MR) is 82.2 cm³/mol. The minimum absolute atomic E-state index is 0.0413. The highest BCUT2D eigenvalue weighted by atomic mass is 16.3. The summed E-state index contributed by atoms with van der Waals surface area (Å²) >= 11 is 0. The Morgan fingerprint density at radius 1 is 1.10 bits per heavy atom. The van der Waals surface area contributed by atoms with Crippen LogP contribution in [0.25, 0.3) is 0 Å². The molecule has 2 N–H and O–H groups in total. The molecule has 1 aliphatic heterocycles. The number of benzene rings is 2. The van der Waals surface area contributed by atoms with Crippen LogP contribution in [0.15, 0.2) is 48.5 Å². The van der Waals surface area contributed by atoms with E-state index in [9.17, 15) is 5.11 Å². The molecule has 1 unspecified atom stereocenters. The van der Waals surface area contributed by atoms with Gasteiger partial charge in [-0.2, -0.15) is 0 Å². The maximum Gasteiger partial charge on any atom is 0.115 e. The Morgan fingerprint density at radius 2 is 1.85 bits per heavy atom. The molecule has 0 saturated carbocycles. The summed E-state index contributed by atoms with van der Waals surface area (Å²) in [5.41, 5.74) is 3.82. The average molecular weight is 267 g/mol. The Bertz CT molecular complexity index is 604. The molecule has 0 aromatic heterocycles. The van der Waals surface area contributed by atoms with Crippen molar-refractivity contribution in [2.45, 2.75) is 31.7 Å². The largest absolute Gasteiger partial charge is 0.508 e. The van der Waals surface area contributed by atoms with Gasteiger partial charge in [-0.15, -0.1) is 0 Å². The zero-order valence-electron chi connectivity index (χ0n) is 12.1. The van der Waals surface area contributed by atoms with Crippen LogP contribution in [0, 0.1) is 0 Å². The van der Waals surface area contributed by atoms with Crippen molar-refractivity contribution in [3.8, 4) is 5.75 Å². The highest BCUT2D eigenvalue weighted by molar-refractivity contribution is 5.45. The SMILES string of the molecule is CC1(C)NCCc2ccc(O)cc2C1c1ccccc1. The van der Waals surface area contributed by atoms with Crippen molar-refractivity contribution in [3.05, 3.63) is 65.2 Å². The number of hydrogen-bond donors (Lipinski definition) is 2. The Morgan fingerprint density at radius 3 is 2.60 bits per heavy atom. The van der Waals surface area contributed by atoms with Crippen LogP contribution >= 0.6 is 0 Å². The van der Waals surface area contributed by atoms with Crippen LogP contribution in [0.4, 0.5) is 0 Å². The zero-order valence-corrected chi connectivity index (χ0v) is 12.1. The third kappa shape index (κ3) is 2.32. The summed E-state index contributed by atoms with van der Waals surface area (Å²) in [6.07, 6.45) is 1.00. The van der Waals surface area contributed by atoms with E-state index in [0.29, 0.717) is 5.75 Å². The number of aromatic hydroxyl groups is 1. The molecule has 3 rings (SSSR count). The first-order chi connectivity index (χ1) is 9.58. The molecule has 0 spiro atoms. The molecule has 2 aromatic carbocycles. The van der Waals surface area contributed by atoms with Crippen LogP contribution in [-0.4, -0.2) is 17.2 Å². The molecule has 0 saturated heterocycles. The van der Waals surface area contributed by atoms with E-state index in [1.54, 1.807) is 6.07 Å². The van der Waals surface area contributed by atoms with E-state index in [1.165, 1.54) is 16.7 Å². The fourth-order valence-corrected chi connectivity index (χ4v) is 3.33. The zero-order chi connectivity index (χ0) is 14.2. The van der Waals surface area contributed by atoms with Crippen LogP contribution in [0.5, 0.6) is 5.75 Å². The first-order valence-corrected chi connectivity index (χ1v) is 7.20. The van der Waals surface area contributed by atoms with Gasteiger partial charge < -0.3 is 10.4 Å². The minimum atomic E-state index is -0.0413. The van der Waals surface area contributed by atoms with Gasteiger partial charge in [0.05, 0.1) is 0 Å². The number of hydrogen-bond acceptors (Lipinski definition) is 2. The Labute approximate surface area is 120 Å². The van der Waals surface area contributed by atoms with E-state index in [-0.39, 0.29) is 11.5 Å². The van der Waals surface area contributed by atoms with Crippen molar-refractivity contribution in [2.75, 3.05) is 6.54 Å². The highest BCUT2D eigenvalue weighted by Gasteiger charge is 2.35. The molecule has 2 heteroatoms. The van der Waals surface area contributed by atoms with Crippen LogP contribution in [0.3, 0.4) is 0 Å². The van der Waals surface area contributed by atoms with E-state index < -0.39 is 0 Å². The normalized spacial score (nSPS) is 21.0. The van der Waals surface area contributed by atoms with Gasteiger partial charge in [0.2, 0.25) is 0 Å². The second-order valence-corrected chi connectivity index (χ2v) is 6.13. The molecule has 1 heterocycles. The topological polar surface area (TPSA) is 32.3 Å². The summed E-state index contributed by atoms with van der Waals surface area (Å²) in [5, 5.41) is 13.5. The molecule has 104 valence electrons. The monoisotopic (exact) mass is 267 g/mol. The number of phenols is 1. The van der Waals surface area contributed by atoms with Gasteiger partial charge in [-0.05, 0) is 55.6 Å². The molecule has 2 nitrogen and oxygen atoms in total. The molecular weight excluding hydrogens is 246 g/mol. The quantitative estimate of drug-likeness (QED) is 0.829. The number of rotatable bonds is 1. The highest BCUT2D eigenvalue weighted by Crippen LogP contribution is 2.39. The molecule has 2 aromatic rings. The predicted octanol–water partition coefficient (Wildman–Crippen LogP) is 3.45. The maximum absolute atomic E-state index is 9.89. The first kappa shape index (κ1) is 13.2. The van der Waals surface area contributed by atoms with Crippen molar-refractivity contribution in [3.63, 3.8) is 0 Å². The van der Waals surface area contributed by atoms with Gasteiger partial charge in [-0.3, -0.25) is 0 Å². The van der Waals surface area contributed by atoms with Gasteiger partial charge in [0, 0.05) is 11.5 Å². The summed E-state index contributed by atoms with van der Waals surface area (Å²) in [6, 6.07) is 16.3. The number of fused-ring (bicyclic) bond motifs is 1. The second kappa shape index (κ2) is 4.95. The fraction of sp³-hybridized carbons (Fsp3) is 0.333. The molecule has 20 heavy (non-hydrogen) atoms. The molecule has 0 fully saturated rings. The Balaban J connectivity index is 2.20. The van der Waals surface area contributed by atoms with Gasteiger partial charge in [-0.1, -0.05) is 36.4 Å². The van der Waals surface area contributed by atoms with E-state index in [0.717, 1.165) is 13.0 Å². The molecule has 1 aliphatic rings. The van der Waals surface area contributed by atoms with Crippen LogP contribution in [0.2, 0.25) is 0 Å². The minimum Gasteiger partial charge on any atom is -0.508 e. The standard InChI is InChI=1S/C18H21NO/c1-18(2)17(14-6-4-3-5-7-14)16-12-15(20)9-8-13(16)10-11-19-18/h3-9,12,17,19-20H,10-11H2,1-2H3. The maximum atomic E-state index is 9.89. The summed E-state index contributed by atoms with van der Waals surface area (Å²) in [6.45, 7) is 5.45. The molecule has 0 radical (unpaired) electrons. The molecule has 1 atom stereocenters. The van der Waals surface area contributed by atoms with Crippen molar-refractivity contribution in [1.29, 1.82) is 0 Å². The number of nitrogens with one attached hydrogen (secondary N) is 1. The smallest absolute Gasteiger partial charge is 0.115 e. The van der Waals surface area contributed by atoms with E-state index in [2.05, 4.69) is 49.5 Å². The number of phenolic OH excluding ortho intramolecular Hbond substituents is 1. The summed E-state index contributed by atoms with van der Waals surface area (Å²) in [4.78, 5) is 0. The Kier molecular flexibility index (Phi) is 3.27. The van der Waals surface area contributed by atoms with Gasteiger partial charge in [0.25, 0.3) is 0 Å².